The van der Waals surface area contributed by atoms with Gasteiger partial charge in [0.05, 0.1) is 11.2 Å². The lowest BCUT2D eigenvalue weighted by Crippen LogP contribution is -2.25. The van der Waals surface area contributed by atoms with Gasteiger partial charge >= 0.3 is 0 Å². The molecule has 1 aliphatic carbocycles. The smallest absolute Gasteiger partial charge is 0.0798 e. The minimum absolute atomic E-state index is 0.227. The van der Waals surface area contributed by atoms with Crippen molar-refractivity contribution >= 4 is 11.3 Å². The van der Waals surface area contributed by atoms with Crippen molar-refractivity contribution < 1.29 is 0 Å². The van der Waals surface area contributed by atoms with Crippen LogP contribution in [-0.2, 0) is 0 Å². The molecule has 0 aliphatic heterocycles. The Balaban J connectivity index is 1.97. The number of aryl methyl sites for hydroxylation is 1. The largest absolute Gasteiger partial charge is 0.323 e. The number of hydrogen-bond donors (Lipinski definition) is 1. The van der Waals surface area contributed by atoms with E-state index in [-0.39, 0.29) is 6.04 Å². The summed E-state index contributed by atoms with van der Waals surface area (Å²) in [5, 5.41) is 0. The minimum Gasteiger partial charge on any atom is -0.323 e. The molecule has 1 saturated carbocycles. The van der Waals surface area contributed by atoms with Crippen LogP contribution in [0.25, 0.3) is 0 Å². The lowest BCUT2D eigenvalue weighted by Gasteiger charge is -2.31. The molecule has 1 heterocycles. The Morgan fingerprint density at radius 2 is 2.12 bits per heavy atom. The van der Waals surface area contributed by atoms with E-state index in [2.05, 4.69) is 18.8 Å². The monoisotopic (exact) mass is 238 g/mol. The van der Waals surface area contributed by atoms with Gasteiger partial charge in [-0.2, -0.15) is 0 Å². The molecular formula is C13H22N2S. The van der Waals surface area contributed by atoms with E-state index in [1.165, 1.54) is 37.0 Å². The summed E-state index contributed by atoms with van der Waals surface area (Å²) in [5.41, 5.74) is 9.43. The van der Waals surface area contributed by atoms with Gasteiger partial charge in [-0.05, 0) is 31.6 Å². The molecule has 16 heavy (non-hydrogen) atoms. The highest BCUT2D eigenvalue weighted by Gasteiger charge is 2.27. The molecule has 0 spiro atoms. The SMILES string of the molecule is CCC1CCC(C(N)c2scnc2C)CC1. The lowest BCUT2D eigenvalue weighted by atomic mass is 9.77. The number of rotatable bonds is 3. The van der Waals surface area contributed by atoms with Gasteiger partial charge in [0, 0.05) is 10.9 Å². The van der Waals surface area contributed by atoms with Gasteiger partial charge < -0.3 is 5.73 Å². The Kier molecular flexibility index (Phi) is 3.98. The Labute approximate surface area is 102 Å². The molecule has 1 fully saturated rings. The lowest BCUT2D eigenvalue weighted by molar-refractivity contribution is 0.241. The van der Waals surface area contributed by atoms with Crippen LogP contribution >= 0.6 is 11.3 Å². The molecule has 2 nitrogen and oxygen atoms in total. The van der Waals surface area contributed by atoms with E-state index in [4.69, 9.17) is 5.73 Å². The van der Waals surface area contributed by atoms with Crippen molar-refractivity contribution in [2.24, 2.45) is 17.6 Å². The van der Waals surface area contributed by atoms with Crippen molar-refractivity contribution in [2.75, 3.05) is 0 Å². The predicted molar refractivity (Wildman–Crippen MR) is 69.5 cm³/mol. The third-order valence-electron chi connectivity index (χ3n) is 4.06. The van der Waals surface area contributed by atoms with E-state index >= 15 is 0 Å². The predicted octanol–water partition coefficient (Wildman–Crippen LogP) is 3.67. The van der Waals surface area contributed by atoms with Gasteiger partial charge in [0.2, 0.25) is 0 Å². The average Bonchev–Trinajstić information content (AvgIpc) is 2.75. The van der Waals surface area contributed by atoms with Crippen LogP contribution in [0.2, 0.25) is 0 Å². The second-order valence-electron chi connectivity index (χ2n) is 5.02. The Morgan fingerprint density at radius 1 is 1.44 bits per heavy atom. The van der Waals surface area contributed by atoms with Crippen LogP contribution in [0.4, 0.5) is 0 Å². The topological polar surface area (TPSA) is 38.9 Å². The maximum absolute atomic E-state index is 6.37. The van der Waals surface area contributed by atoms with Crippen molar-refractivity contribution in [2.45, 2.75) is 52.0 Å². The minimum atomic E-state index is 0.227. The van der Waals surface area contributed by atoms with Gasteiger partial charge in [-0.15, -0.1) is 11.3 Å². The van der Waals surface area contributed by atoms with Gasteiger partial charge in [-0.3, -0.25) is 0 Å². The highest BCUT2D eigenvalue weighted by molar-refractivity contribution is 7.09. The molecule has 2 N–H and O–H groups in total. The van der Waals surface area contributed by atoms with Crippen molar-refractivity contribution in [3.8, 4) is 0 Å². The molecule has 0 saturated heterocycles. The number of aromatic nitrogens is 1. The Bertz CT molecular complexity index is 326. The third-order valence-corrected chi connectivity index (χ3v) is 5.09. The van der Waals surface area contributed by atoms with E-state index in [1.807, 2.05) is 5.51 Å². The van der Waals surface area contributed by atoms with Crippen molar-refractivity contribution in [3.05, 3.63) is 16.1 Å². The summed E-state index contributed by atoms with van der Waals surface area (Å²) < 4.78 is 0. The number of nitrogens with two attached hydrogens (primary N) is 1. The fourth-order valence-electron chi connectivity index (χ4n) is 2.80. The molecule has 1 aliphatic rings. The molecule has 1 atom stereocenters. The van der Waals surface area contributed by atoms with Gasteiger partial charge in [0.1, 0.15) is 0 Å². The van der Waals surface area contributed by atoms with Crippen LogP contribution in [0.1, 0.15) is 55.6 Å². The first-order valence-electron chi connectivity index (χ1n) is 6.38. The molecule has 1 unspecified atom stereocenters. The van der Waals surface area contributed by atoms with E-state index < -0.39 is 0 Å². The van der Waals surface area contributed by atoms with Gasteiger partial charge in [0.15, 0.2) is 0 Å². The van der Waals surface area contributed by atoms with Gasteiger partial charge in [-0.25, -0.2) is 4.98 Å². The van der Waals surface area contributed by atoms with E-state index in [0.717, 1.165) is 11.6 Å². The van der Waals surface area contributed by atoms with Crippen LogP contribution in [-0.4, -0.2) is 4.98 Å². The summed E-state index contributed by atoms with van der Waals surface area (Å²) in [6.45, 7) is 4.38. The fourth-order valence-corrected chi connectivity index (χ4v) is 3.70. The first kappa shape index (κ1) is 12.1. The maximum atomic E-state index is 6.37. The zero-order valence-electron chi connectivity index (χ0n) is 10.3. The first-order chi connectivity index (χ1) is 7.72. The summed E-state index contributed by atoms with van der Waals surface area (Å²) >= 11 is 1.72. The number of nitrogens with zero attached hydrogens (tertiary/aromatic N) is 1. The molecular weight excluding hydrogens is 216 g/mol. The average molecular weight is 238 g/mol. The zero-order valence-corrected chi connectivity index (χ0v) is 11.1. The molecule has 0 amide bonds. The number of hydrogen-bond acceptors (Lipinski definition) is 3. The molecule has 2 rings (SSSR count). The second-order valence-corrected chi connectivity index (χ2v) is 5.90. The summed E-state index contributed by atoms with van der Waals surface area (Å²) in [7, 11) is 0. The molecule has 3 heteroatoms. The Hall–Kier alpha value is -0.410. The highest BCUT2D eigenvalue weighted by atomic mass is 32.1. The molecule has 90 valence electrons. The van der Waals surface area contributed by atoms with Gasteiger partial charge in [-0.1, -0.05) is 26.2 Å². The quantitative estimate of drug-likeness (QED) is 0.872. The van der Waals surface area contributed by atoms with Crippen LogP contribution in [0.3, 0.4) is 0 Å². The summed E-state index contributed by atoms with van der Waals surface area (Å²) in [6.07, 6.45) is 6.68. The van der Waals surface area contributed by atoms with Crippen molar-refractivity contribution in [1.29, 1.82) is 0 Å². The van der Waals surface area contributed by atoms with Crippen molar-refractivity contribution in [3.63, 3.8) is 0 Å². The zero-order chi connectivity index (χ0) is 11.5. The maximum Gasteiger partial charge on any atom is 0.0798 e. The molecule has 1 aromatic rings. The summed E-state index contributed by atoms with van der Waals surface area (Å²) in [5.74, 6) is 1.63. The van der Waals surface area contributed by atoms with Gasteiger partial charge in [0.25, 0.3) is 0 Å². The van der Waals surface area contributed by atoms with Crippen LogP contribution in [0.5, 0.6) is 0 Å². The third kappa shape index (κ3) is 2.46. The molecule has 0 bridgehead atoms. The van der Waals surface area contributed by atoms with Crippen LogP contribution in [0, 0.1) is 18.8 Å². The normalized spacial score (nSPS) is 27.9. The second kappa shape index (κ2) is 5.28. The van der Waals surface area contributed by atoms with E-state index in [0.29, 0.717) is 5.92 Å². The molecule has 0 radical (unpaired) electrons. The summed E-state index contributed by atoms with van der Waals surface area (Å²) in [4.78, 5) is 5.61. The fraction of sp³-hybridized carbons (Fsp3) is 0.769. The molecule has 0 aromatic carbocycles. The first-order valence-corrected chi connectivity index (χ1v) is 7.25. The standard InChI is InChI=1S/C13H22N2S/c1-3-10-4-6-11(7-5-10)12(14)13-9(2)15-8-16-13/h8,10-12H,3-7,14H2,1-2H3. The van der Waals surface area contributed by atoms with E-state index in [1.54, 1.807) is 11.3 Å². The Morgan fingerprint density at radius 3 is 2.62 bits per heavy atom. The number of thiazole rings is 1. The summed E-state index contributed by atoms with van der Waals surface area (Å²) in [6, 6.07) is 0.227. The van der Waals surface area contributed by atoms with Crippen LogP contribution < -0.4 is 5.73 Å². The van der Waals surface area contributed by atoms with E-state index in [9.17, 15) is 0 Å². The highest BCUT2D eigenvalue weighted by Crippen LogP contribution is 2.38. The van der Waals surface area contributed by atoms with Crippen molar-refractivity contribution in [1.82, 2.24) is 4.98 Å². The molecule has 1 aromatic heterocycles. The van der Waals surface area contributed by atoms with Crippen LogP contribution in [0.15, 0.2) is 5.51 Å².